The molecule has 0 saturated carbocycles. The second-order valence-corrected chi connectivity index (χ2v) is 7.25. The van der Waals surface area contributed by atoms with E-state index < -0.39 is 29.7 Å². The van der Waals surface area contributed by atoms with E-state index in [0.29, 0.717) is 24.8 Å². The molecule has 2 atom stereocenters. The number of ether oxygens (including phenoxy) is 1. The number of carbonyl (C=O) groups is 1. The summed E-state index contributed by atoms with van der Waals surface area (Å²) in [6.07, 6.45) is 0.0969. The molecule has 0 saturated heterocycles. The van der Waals surface area contributed by atoms with E-state index in [1.165, 1.54) is 4.90 Å². The van der Waals surface area contributed by atoms with E-state index in [-0.39, 0.29) is 25.1 Å². The Morgan fingerprint density at radius 2 is 1.72 bits per heavy atom. The Hall–Kier alpha value is -2.51. The smallest absolute Gasteiger partial charge is 0.254 e. The number of nitrogens with zero attached hydrogens (tertiary/aromatic N) is 1. The molecule has 1 amide bonds. The van der Waals surface area contributed by atoms with Crippen LogP contribution in [0.4, 0.5) is 8.78 Å². The van der Waals surface area contributed by atoms with Crippen LogP contribution in [0, 0.1) is 11.6 Å². The SMILES string of the molecule is O=C(c1cc(F)cc(F)c1)N1CCCCc2ccccc2OC[C@@H](O)[C@@H](O)CC1. The molecule has 3 rings (SSSR count). The van der Waals surface area contributed by atoms with Gasteiger partial charge in [-0.05, 0) is 49.4 Å². The third-order valence-electron chi connectivity index (χ3n) is 5.04. The van der Waals surface area contributed by atoms with Gasteiger partial charge in [0.15, 0.2) is 0 Å². The molecule has 0 fully saturated rings. The summed E-state index contributed by atoms with van der Waals surface area (Å²) in [5.41, 5.74) is 0.911. The molecule has 2 aromatic carbocycles. The summed E-state index contributed by atoms with van der Waals surface area (Å²) in [5.74, 6) is -1.47. The third-order valence-corrected chi connectivity index (χ3v) is 5.04. The number of hydrogen-bond donors (Lipinski definition) is 2. The fourth-order valence-electron chi connectivity index (χ4n) is 3.41. The molecule has 2 aromatic rings. The van der Waals surface area contributed by atoms with Crippen molar-refractivity contribution < 1.29 is 28.5 Å². The summed E-state index contributed by atoms with van der Waals surface area (Å²) in [7, 11) is 0. The number of rotatable bonds is 1. The number of para-hydroxylation sites is 1. The van der Waals surface area contributed by atoms with E-state index in [0.717, 1.165) is 30.5 Å². The maximum Gasteiger partial charge on any atom is 0.254 e. The number of aliphatic hydroxyl groups is 2. The molecule has 2 N–H and O–H groups in total. The van der Waals surface area contributed by atoms with Crippen molar-refractivity contribution in [2.75, 3.05) is 19.7 Å². The predicted molar refractivity (Wildman–Crippen MR) is 104 cm³/mol. The van der Waals surface area contributed by atoms with Gasteiger partial charge in [0.25, 0.3) is 5.91 Å². The van der Waals surface area contributed by atoms with Crippen molar-refractivity contribution in [3.63, 3.8) is 0 Å². The van der Waals surface area contributed by atoms with Crippen LogP contribution >= 0.6 is 0 Å². The van der Waals surface area contributed by atoms with Crippen molar-refractivity contribution in [2.24, 2.45) is 0 Å². The average molecular weight is 405 g/mol. The van der Waals surface area contributed by atoms with Gasteiger partial charge in [0.05, 0.1) is 6.10 Å². The van der Waals surface area contributed by atoms with E-state index in [2.05, 4.69) is 0 Å². The van der Waals surface area contributed by atoms with E-state index in [1.54, 1.807) is 0 Å². The first-order valence-electron chi connectivity index (χ1n) is 9.76. The lowest BCUT2D eigenvalue weighted by molar-refractivity contribution is -0.0150. The first-order chi connectivity index (χ1) is 13.9. The predicted octanol–water partition coefficient (Wildman–Crippen LogP) is 2.93. The minimum atomic E-state index is -1.12. The highest BCUT2D eigenvalue weighted by atomic mass is 19.1. The highest BCUT2D eigenvalue weighted by molar-refractivity contribution is 5.94. The number of aliphatic hydroxyl groups excluding tert-OH is 2. The van der Waals surface area contributed by atoms with Gasteiger partial charge >= 0.3 is 0 Å². The minimum Gasteiger partial charge on any atom is -0.491 e. The Balaban J connectivity index is 1.77. The number of hydrogen-bond acceptors (Lipinski definition) is 4. The van der Waals surface area contributed by atoms with Gasteiger partial charge in [0.2, 0.25) is 0 Å². The zero-order valence-corrected chi connectivity index (χ0v) is 16.1. The zero-order chi connectivity index (χ0) is 20.8. The number of amides is 1. The van der Waals surface area contributed by atoms with Crippen molar-refractivity contribution >= 4 is 5.91 Å². The molecule has 0 aliphatic carbocycles. The van der Waals surface area contributed by atoms with Crippen molar-refractivity contribution in [2.45, 2.75) is 37.9 Å². The molecule has 0 aromatic heterocycles. The summed E-state index contributed by atoms with van der Waals surface area (Å²) in [5, 5.41) is 20.4. The first-order valence-corrected chi connectivity index (χ1v) is 9.76. The Bertz CT molecular complexity index is 825. The fraction of sp³-hybridized carbons (Fsp3) is 0.409. The van der Waals surface area contributed by atoms with Gasteiger partial charge in [-0.2, -0.15) is 0 Å². The van der Waals surface area contributed by atoms with Crippen molar-refractivity contribution in [3.05, 3.63) is 65.2 Å². The summed E-state index contributed by atoms with van der Waals surface area (Å²) in [4.78, 5) is 14.3. The molecule has 156 valence electrons. The van der Waals surface area contributed by atoms with Crippen LogP contribution < -0.4 is 4.74 Å². The summed E-state index contributed by atoms with van der Waals surface area (Å²) >= 11 is 0. The molecule has 1 aliphatic heterocycles. The third kappa shape index (κ3) is 5.74. The van der Waals surface area contributed by atoms with Crippen molar-refractivity contribution in [1.82, 2.24) is 4.90 Å². The van der Waals surface area contributed by atoms with Crippen LogP contribution in [0.25, 0.3) is 0 Å². The molecule has 0 bridgehead atoms. The molecule has 29 heavy (non-hydrogen) atoms. The van der Waals surface area contributed by atoms with Crippen LogP contribution in [-0.4, -0.2) is 52.9 Å². The van der Waals surface area contributed by atoms with Gasteiger partial charge in [-0.3, -0.25) is 4.79 Å². The number of carbonyl (C=O) groups excluding carboxylic acids is 1. The quantitative estimate of drug-likeness (QED) is 0.766. The lowest BCUT2D eigenvalue weighted by Gasteiger charge is -2.25. The van der Waals surface area contributed by atoms with Crippen LogP contribution in [0.2, 0.25) is 0 Å². The Morgan fingerprint density at radius 3 is 2.48 bits per heavy atom. The summed E-state index contributed by atoms with van der Waals surface area (Å²) in [6.45, 7) is 0.464. The minimum absolute atomic E-state index is 0.0682. The van der Waals surface area contributed by atoms with Crippen LogP contribution in [0.1, 0.15) is 35.2 Å². The van der Waals surface area contributed by atoms with Gasteiger partial charge < -0.3 is 19.8 Å². The molecular formula is C22H25F2NO4. The van der Waals surface area contributed by atoms with Gasteiger partial charge in [-0.15, -0.1) is 0 Å². The molecule has 0 radical (unpaired) electrons. The Kier molecular flexibility index (Phi) is 7.17. The maximum absolute atomic E-state index is 13.5. The second-order valence-electron chi connectivity index (χ2n) is 7.25. The first kappa shape index (κ1) is 21.2. The van der Waals surface area contributed by atoms with Gasteiger partial charge in [-0.1, -0.05) is 18.2 Å². The van der Waals surface area contributed by atoms with Gasteiger partial charge in [0, 0.05) is 24.7 Å². The van der Waals surface area contributed by atoms with Crippen molar-refractivity contribution in [3.8, 4) is 5.75 Å². The number of benzene rings is 2. The zero-order valence-electron chi connectivity index (χ0n) is 16.1. The summed E-state index contributed by atoms with van der Waals surface area (Å²) in [6, 6.07) is 10.2. The molecule has 0 spiro atoms. The van der Waals surface area contributed by atoms with Crippen LogP contribution in [0.15, 0.2) is 42.5 Å². The topological polar surface area (TPSA) is 70.0 Å². The average Bonchev–Trinajstić information content (AvgIpc) is 2.71. The van der Waals surface area contributed by atoms with Gasteiger partial charge in [0.1, 0.15) is 30.1 Å². The standard InChI is InChI=1S/C22H25F2NO4/c23-17-11-16(12-18(24)13-17)22(28)25-9-4-3-6-15-5-1-2-7-21(15)29-14-20(27)19(26)8-10-25/h1-2,5,7,11-13,19-20,26-27H,3-4,6,8-10,14H2/t19-,20+/m0/s1. The lowest BCUT2D eigenvalue weighted by atomic mass is 10.1. The second kappa shape index (κ2) is 9.80. The van der Waals surface area contributed by atoms with Crippen LogP contribution in [-0.2, 0) is 6.42 Å². The molecule has 5 nitrogen and oxygen atoms in total. The van der Waals surface area contributed by atoms with Gasteiger partial charge in [-0.25, -0.2) is 8.78 Å². The molecule has 0 unspecified atom stereocenters. The van der Waals surface area contributed by atoms with E-state index in [4.69, 9.17) is 4.74 Å². The van der Waals surface area contributed by atoms with E-state index in [1.807, 2.05) is 24.3 Å². The number of aryl methyl sites for hydroxylation is 1. The molecule has 1 heterocycles. The normalized spacial score (nSPS) is 21.2. The van der Waals surface area contributed by atoms with Crippen LogP contribution in [0.3, 0.4) is 0 Å². The van der Waals surface area contributed by atoms with E-state index in [9.17, 15) is 23.8 Å². The van der Waals surface area contributed by atoms with Crippen molar-refractivity contribution in [1.29, 1.82) is 0 Å². The Labute approximate surface area is 168 Å². The molecule has 7 heteroatoms. The molecular weight excluding hydrogens is 380 g/mol. The Morgan fingerprint density at radius 1 is 1.00 bits per heavy atom. The largest absolute Gasteiger partial charge is 0.491 e. The fourth-order valence-corrected chi connectivity index (χ4v) is 3.41. The van der Waals surface area contributed by atoms with E-state index >= 15 is 0 Å². The molecule has 1 aliphatic rings. The number of halogens is 2. The highest BCUT2D eigenvalue weighted by Gasteiger charge is 2.23. The van der Waals surface area contributed by atoms with Crippen LogP contribution in [0.5, 0.6) is 5.75 Å². The monoisotopic (exact) mass is 405 g/mol. The highest BCUT2D eigenvalue weighted by Crippen LogP contribution is 2.22. The maximum atomic E-state index is 13.5. The lowest BCUT2D eigenvalue weighted by Crippen LogP contribution is -2.38. The summed E-state index contributed by atoms with van der Waals surface area (Å²) < 4.78 is 32.7. The number of fused-ring (bicyclic) bond motifs is 1.